The lowest BCUT2D eigenvalue weighted by molar-refractivity contribution is 0.0949. The van der Waals surface area contributed by atoms with Crippen LogP contribution in [0.1, 0.15) is 30.6 Å². The van der Waals surface area contributed by atoms with Crippen LogP contribution in [0.25, 0.3) is 0 Å². The van der Waals surface area contributed by atoms with Crippen LogP contribution in [0.15, 0.2) is 29.2 Å². The number of sulfone groups is 1. The quantitative estimate of drug-likeness (QED) is 0.755. The predicted molar refractivity (Wildman–Crippen MR) is 91.0 cm³/mol. The minimum absolute atomic E-state index is 0.0160. The zero-order valence-electron chi connectivity index (χ0n) is 13.7. The maximum atomic E-state index is 12.4. The standard InChI is InChI=1S/C15H22N2O5S2/c1-11(2)9-16-15(18)12-4-3-5-14(8-12)24(21,22)17-13-6-7-23(19,20)10-13/h3-5,8,11,13,17H,6-7,9-10H2,1-2H3,(H,16,18). The van der Waals surface area contributed by atoms with Crippen LogP contribution in [-0.2, 0) is 19.9 Å². The SMILES string of the molecule is CC(C)CNC(=O)c1cccc(S(=O)(=O)NC2CCS(=O)(=O)C2)c1. The maximum absolute atomic E-state index is 12.4. The van der Waals surface area contributed by atoms with Crippen LogP contribution in [0.3, 0.4) is 0 Å². The van der Waals surface area contributed by atoms with Crippen LogP contribution in [-0.4, -0.2) is 46.8 Å². The fourth-order valence-corrected chi connectivity index (χ4v) is 5.47. The summed E-state index contributed by atoms with van der Waals surface area (Å²) in [7, 11) is -7.05. The highest BCUT2D eigenvalue weighted by atomic mass is 32.2. The summed E-state index contributed by atoms with van der Waals surface area (Å²) in [6.07, 6.45) is 0.260. The molecule has 134 valence electrons. The number of hydrogen-bond acceptors (Lipinski definition) is 5. The summed E-state index contributed by atoms with van der Waals surface area (Å²) in [6.45, 7) is 4.41. The maximum Gasteiger partial charge on any atom is 0.251 e. The second kappa shape index (κ2) is 7.20. The first-order valence-electron chi connectivity index (χ1n) is 7.70. The molecule has 1 atom stereocenters. The molecule has 1 aromatic rings. The van der Waals surface area contributed by atoms with Gasteiger partial charge in [-0.1, -0.05) is 19.9 Å². The van der Waals surface area contributed by atoms with E-state index in [0.29, 0.717) is 6.54 Å². The zero-order chi connectivity index (χ0) is 18.0. The van der Waals surface area contributed by atoms with E-state index in [0.717, 1.165) is 0 Å². The Hall–Kier alpha value is -1.45. The highest BCUT2D eigenvalue weighted by Crippen LogP contribution is 2.17. The first kappa shape index (κ1) is 18.9. The molecule has 1 unspecified atom stereocenters. The van der Waals surface area contributed by atoms with Crippen molar-refractivity contribution in [3.63, 3.8) is 0 Å². The molecule has 2 N–H and O–H groups in total. The summed E-state index contributed by atoms with van der Waals surface area (Å²) in [4.78, 5) is 12.0. The smallest absolute Gasteiger partial charge is 0.251 e. The van der Waals surface area contributed by atoms with Crippen molar-refractivity contribution in [2.45, 2.75) is 31.2 Å². The van der Waals surface area contributed by atoms with Crippen molar-refractivity contribution in [3.8, 4) is 0 Å². The molecule has 0 saturated carbocycles. The van der Waals surface area contributed by atoms with E-state index in [4.69, 9.17) is 0 Å². The molecule has 2 rings (SSSR count). The number of rotatable bonds is 6. The van der Waals surface area contributed by atoms with Crippen molar-refractivity contribution in [3.05, 3.63) is 29.8 Å². The molecule has 0 spiro atoms. The van der Waals surface area contributed by atoms with Gasteiger partial charge in [0.1, 0.15) is 0 Å². The summed E-state index contributed by atoms with van der Waals surface area (Å²) < 4.78 is 50.1. The molecular weight excluding hydrogens is 352 g/mol. The molecule has 1 fully saturated rings. The summed E-state index contributed by atoms with van der Waals surface area (Å²) in [5.41, 5.74) is 0.248. The van der Waals surface area contributed by atoms with Gasteiger partial charge in [0.05, 0.1) is 16.4 Å². The molecule has 0 bridgehead atoms. The van der Waals surface area contributed by atoms with Crippen molar-refractivity contribution in [1.82, 2.24) is 10.0 Å². The fraction of sp³-hybridized carbons (Fsp3) is 0.533. The van der Waals surface area contributed by atoms with Gasteiger partial charge in [-0.15, -0.1) is 0 Å². The Morgan fingerprint density at radius 2 is 2.04 bits per heavy atom. The fourth-order valence-electron chi connectivity index (χ4n) is 2.38. The number of amides is 1. The zero-order valence-corrected chi connectivity index (χ0v) is 15.3. The first-order valence-corrected chi connectivity index (χ1v) is 11.0. The van der Waals surface area contributed by atoms with Crippen LogP contribution in [0.4, 0.5) is 0 Å². The molecule has 1 aromatic carbocycles. The molecule has 0 aliphatic carbocycles. The van der Waals surface area contributed by atoms with E-state index in [1.165, 1.54) is 24.3 Å². The predicted octanol–water partition coefficient (Wildman–Crippen LogP) is 0.538. The van der Waals surface area contributed by atoms with Gasteiger partial charge in [-0.25, -0.2) is 21.6 Å². The van der Waals surface area contributed by atoms with Gasteiger partial charge in [-0.2, -0.15) is 0 Å². The topological polar surface area (TPSA) is 109 Å². The Bertz CT molecular complexity index is 816. The van der Waals surface area contributed by atoms with Gasteiger partial charge in [0, 0.05) is 18.2 Å². The molecular formula is C15H22N2O5S2. The second-order valence-electron chi connectivity index (χ2n) is 6.35. The highest BCUT2D eigenvalue weighted by molar-refractivity contribution is 7.92. The van der Waals surface area contributed by atoms with Gasteiger partial charge in [0.15, 0.2) is 9.84 Å². The number of nitrogens with one attached hydrogen (secondary N) is 2. The van der Waals surface area contributed by atoms with Crippen molar-refractivity contribution in [2.75, 3.05) is 18.1 Å². The Morgan fingerprint density at radius 3 is 2.62 bits per heavy atom. The van der Waals surface area contributed by atoms with E-state index >= 15 is 0 Å². The van der Waals surface area contributed by atoms with Crippen molar-refractivity contribution >= 4 is 25.8 Å². The number of benzene rings is 1. The summed E-state index contributed by atoms with van der Waals surface area (Å²) in [5, 5.41) is 2.73. The third kappa shape index (κ3) is 5.02. The molecule has 1 aliphatic heterocycles. The van der Waals surface area contributed by atoms with E-state index in [9.17, 15) is 21.6 Å². The summed E-state index contributed by atoms with van der Waals surface area (Å²) in [6, 6.07) is 5.07. The van der Waals surface area contributed by atoms with Crippen molar-refractivity contribution in [2.24, 2.45) is 5.92 Å². The van der Waals surface area contributed by atoms with Crippen molar-refractivity contribution in [1.29, 1.82) is 0 Å². The van der Waals surface area contributed by atoms with Crippen molar-refractivity contribution < 1.29 is 21.6 Å². The van der Waals surface area contributed by atoms with Gasteiger partial charge >= 0.3 is 0 Å². The Labute approximate surface area is 142 Å². The number of hydrogen-bond donors (Lipinski definition) is 2. The van der Waals surface area contributed by atoms with E-state index in [1.807, 2.05) is 13.8 Å². The molecule has 24 heavy (non-hydrogen) atoms. The molecule has 9 heteroatoms. The highest BCUT2D eigenvalue weighted by Gasteiger charge is 2.31. The molecule has 1 heterocycles. The Balaban J connectivity index is 2.13. The number of carbonyl (C=O) groups is 1. The monoisotopic (exact) mass is 374 g/mol. The molecule has 1 saturated heterocycles. The molecule has 1 aliphatic rings. The minimum atomic E-state index is -3.88. The average Bonchev–Trinajstić information content (AvgIpc) is 2.83. The van der Waals surface area contributed by atoms with E-state index in [-0.39, 0.29) is 40.2 Å². The molecule has 0 radical (unpaired) electrons. The van der Waals surface area contributed by atoms with Crippen LogP contribution in [0.5, 0.6) is 0 Å². The van der Waals surface area contributed by atoms with Crippen LogP contribution < -0.4 is 10.0 Å². The molecule has 1 amide bonds. The third-order valence-electron chi connectivity index (χ3n) is 3.63. The molecule has 0 aromatic heterocycles. The Kier molecular flexibility index (Phi) is 5.67. The molecule has 7 nitrogen and oxygen atoms in total. The van der Waals surface area contributed by atoms with Crippen LogP contribution in [0.2, 0.25) is 0 Å². The lowest BCUT2D eigenvalue weighted by atomic mass is 10.2. The average molecular weight is 374 g/mol. The van der Waals surface area contributed by atoms with E-state index < -0.39 is 25.9 Å². The van der Waals surface area contributed by atoms with Gasteiger partial charge in [-0.3, -0.25) is 4.79 Å². The summed E-state index contributed by atoms with van der Waals surface area (Å²) >= 11 is 0. The van der Waals surface area contributed by atoms with Gasteiger partial charge < -0.3 is 5.32 Å². The number of carbonyl (C=O) groups excluding carboxylic acids is 1. The third-order valence-corrected chi connectivity index (χ3v) is 6.92. The van der Waals surface area contributed by atoms with Gasteiger partial charge in [0.2, 0.25) is 10.0 Å². The Morgan fingerprint density at radius 1 is 1.33 bits per heavy atom. The largest absolute Gasteiger partial charge is 0.352 e. The lowest BCUT2D eigenvalue weighted by Gasteiger charge is -2.13. The van der Waals surface area contributed by atoms with Crippen LogP contribution in [0, 0.1) is 5.92 Å². The van der Waals surface area contributed by atoms with Gasteiger partial charge in [-0.05, 0) is 30.5 Å². The number of sulfonamides is 1. The van der Waals surface area contributed by atoms with Crippen LogP contribution >= 0.6 is 0 Å². The van der Waals surface area contributed by atoms with E-state index in [1.54, 1.807) is 0 Å². The first-order chi connectivity index (χ1) is 11.1. The lowest BCUT2D eigenvalue weighted by Crippen LogP contribution is -2.35. The normalized spacial score (nSPS) is 20.2. The second-order valence-corrected chi connectivity index (χ2v) is 10.3. The summed E-state index contributed by atoms with van der Waals surface area (Å²) in [5.74, 6) is -0.269. The minimum Gasteiger partial charge on any atom is -0.352 e. The van der Waals surface area contributed by atoms with E-state index in [2.05, 4.69) is 10.0 Å². The van der Waals surface area contributed by atoms with Gasteiger partial charge in [0.25, 0.3) is 5.91 Å².